The van der Waals surface area contributed by atoms with Crippen LogP contribution in [0.25, 0.3) is 0 Å². The lowest BCUT2D eigenvalue weighted by Crippen LogP contribution is -2.14. The van der Waals surface area contributed by atoms with Gasteiger partial charge >= 0.3 is 0 Å². The number of carbonyl (C=O) groups excluding carboxylic acids is 1. The topological polar surface area (TPSA) is 55.1 Å². The Hall–Kier alpha value is -1.94. The summed E-state index contributed by atoms with van der Waals surface area (Å²) >= 11 is 1.51. The summed E-state index contributed by atoms with van der Waals surface area (Å²) in [6.45, 7) is 4.07. The van der Waals surface area contributed by atoms with Crippen LogP contribution in [0.15, 0.2) is 47.4 Å². The van der Waals surface area contributed by atoms with Crippen molar-refractivity contribution in [3.63, 3.8) is 0 Å². The molecule has 0 aromatic heterocycles. The molecule has 0 aliphatic rings. The maximum Gasteiger partial charge on any atom is 0.234 e. The summed E-state index contributed by atoms with van der Waals surface area (Å²) in [6, 6.07) is 13.7. The Kier molecular flexibility index (Phi) is 5.28. The molecule has 21 heavy (non-hydrogen) atoms. The lowest BCUT2D eigenvalue weighted by Gasteiger charge is -2.09. The van der Waals surface area contributed by atoms with Crippen LogP contribution in [0.3, 0.4) is 0 Å². The van der Waals surface area contributed by atoms with Gasteiger partial charge in [-0.2, -0.15) is 0 Å². The van der Waals surface area contributed by atoms with Gasteiger partial charge in [-0.15, -0.1) is 11.8 Å². The van der Waals surface area contributed by atoms with Crippen molar-refractivity contribution < 1.29 is 4.79 Å². The van der Waals surface area contributed by atoms with Gasteiger partial charge in [-0.3, -0.25) is 4.79 Å². The average Bonchev–Trinajstić information content (AvgIpc) is 2.49. The molecule has 2 aromatic carbocycles. The van der Waals surface area contributed by atoms with Gasteiger partial charge in [0.15, 0.2) is 0 Å². The fraction of sp³-hybridized carbons (Fsp3) is 0.235. The Bertz CT molecular complexity index is 640. The number of thioether (sulfide) groups is 1. The predicted octanol–water partition coefficient (Wildman–Crippen LogP) is 3.87. The highest BCUT2D eigenvalue weighted by Crippen LogP contribution is 2.26. The molecule has 2 rings (SSSR count). The molecule has 4 heteroatoms. The highest BCUT2D eigenvalue weighted by Gasteiger charge is 2.07. The first-order chi connectivity index (χ1) is 10.1. The molecule has 0 heterocycles. The number of nitrogens with two attached hydrogens (primary N) is 1. The van der Waals surface area contributed by atoms with Crippen molar-refractivity contribution >= 4 is 29.0 Å². The number of hydrogen-bond donors (Lipinski definition) is 2. The van der Waals surface area contributed by atoms with E-state index in [2.05, 4.69) is 18.3 Å². The smallest absolute Gasteiger partial charge is 0.234 e. The van der Waals surface area contributed by atoms with Crippen molar-refractivity contribution in [3.05, 3.63) is 53.6 Å². The number of aryl methyl sites for hydroxylation is 1. The second kappa shape index (κ2) is 7.18. The molecule has 0 aliphatic carbocycles. The number of rotatable bonds is 5. The zero-order chi connectivity index (χ0) is 15.2. The molecule has 0 atom stereocenters. The van der Waals surface area contributed by atoms with Crippen LogP contribution in [-0.2, 0) is 11.2 Å². The van der Waals surface area contributed by atoms with Gasteiger partial charge in [-0.1, -0.05) is 25.1 Å². The van der Waals surface area contributed by atoms with Crippen LogP contribution < -0.4 is 11.1 Å². The molecular weight excluding hydrogens is 280 g/mol. The zero-order valence-electron chi connectivity index (χ0n) is 12.3. The van der Waals surface area contributed by atoms with Crippen LogP contribution in [0.4, 0.5) is 11.4 Å². The highest BCUT2D eigenvalue weighted by molar-refractivity contribution is 8.00. The van der Waals surface area contributed by atoms with E-state index in [1.54, 1.807) is 0 Å². The molecule has 0 unspecified atom stereocenters. The molecule has 0 bridgehead atoms. The molecule has 0 aliphatic heterocycles. The standard InChI is InChI=1S/C17H20N2OS/c1-3-13-6-4-7-14(10-13)19-17(20)11-21-16-9-5-8-15(18)12(16)2/h4-10H,3,11,18H2,1-2H3,(H,19,20). The molecular formula is C17H20N2OS. The Labute approximate surface area is 129 Å². The molecule has 0 fully saturated rings. The van der Waals surface area contributed by atoms with Gasteiger partial charge in [0, 0.05) is 16.3 Å². The maximum atomic E-state index is 12.0. The molecule has 3 N–H and O–H groups in total. The van der Waals surface area contributed by atoms with Crippen molar-refractivity contribution in [2.24, 2.45) is 0 Å². The normalized spacial score (nSPS) is 10.4. The van der Waals surface area contributed by atoms with E-state index in [9.17, 15) is 4.79 Å². The monoisotopic (exact) mass is 300 g/mol. The lowest BCUT2D eigenvalue weighted by atomic mass is 10.1. The van der Waals surface area contributed by atoms with Gasteiger partial charge in [0.1, 0.15) is 0 Å². The number of amides is 1. The minimum absolute atomic E-state index is 0.00456. The van der Waals surface area contributed by atoms with E-state index in [0.29, 0.717) is 5.75 Å². The third kappa shape index (κ3) is 4.26. The van der Waals surface area contributed by atoms with Crippen LogP contribution in [0, 0.1) is 6.92 Å². The van der Waals surface area contributed by atoms with Crippen LogP contribution in [0.1, 0.15) is 18.1 Å². The first-order valence-electron chi connectivity index (χ1n) is 6.97. The summed E-state index contributed by atoms with van der Waals surface area (Å²) in [5.41, 5.74) is 9.73. The van der Waals surface area contributed by atoms with Crippen LogP contribution in [-0.4, -0.2) is 11.7 Å². The number of carbonyl (C=O) groups is 1. The molecule has 0 saturated heterocycles. The van der Waals surface area contributed by atoms with Crippen molar-refractivity contribution in [2.45, 2.75) is 25.2 Å². The second-order valence-electron chi connectivity index (χ2n) is 4.86. The summed E-state index contributed by atoms with van der Waals surface area (Å²) in [7, 11) is 0. The van der Waals surface area contributed by atoms with E-state index in [1.807, 2.05) is 43.3 Å². The fourth-order valence-corrected chi connectivity index (χ4v) is 2.87. The van der Waals surface area contributed by atoms with Gasteiger partial charge in [0.2, 0.25) is 5.91 Å². The van der Waals surface area contributed by atoms with E-state index in [4.69, 9.17) is 5.73 Å². The minimum atomic E-state index is -0.00456. The summed E-state index contributed by atoms with van der Waals surface area (Å²) in [4.78, 5) is 13.1. The Morgan fingerprint density at radius 1 is 1.24 bits per heavy atom. The van der Waals surface area contributed by atoms with E-state index in [-0.39, 0.29) is 5.91 Å². The minimum Gasteiger partial charge on any atom is -0.398 e. The summed E-state index contributed by atoms with van der Waals surface area (Å²) in [5.74, 6) is 0.371. The molecule has 1 amide bonds. The largest absolute Gasteiger partial charge is 0.398 e. The van der Waals surface area contributed by atoms with Crippen LogP contribution in [0.5, 0.6) is 0 Å². The number of nitrogens with one attached hydrogen (secondary N) is 1. The average molecular weight is 300 g/mol. The molecule has 3 nitrogen and oxygen atoms in total. The van der Waals surface area contributed by atoms with Gasteiger partial charge in [0.05, 0.1) is 5.75 Å². The summed E-state index contributed by atoms with van der Waals surface area (Å²) in [6.07, 6.45) is 0.959. The van der Waals surface area contributed by atoms with E-state index < -0.39 is 0 Å². The molecule has 110 valence electrons. The first kappa shape index (κ1) is 15.4. The number of benzene rings is 2. The Balaban J connectivity index is 1.94. The van der Waals surface area contributed by atoms with Crippen LogP contribution >= 0.6 is 11.8 Å². The van der Waals surface area contributed by atoms with E-state index in [1.165, 1.54) is 17.3 Å². The van der Waals surface area contributed by atoms with Gasteiger partial charge in [0.25, 0.3) is 0 Å². The van der Waals surface area contributed by atoms with Crippen molar-refractivity contribution in [1.29, 1.82) is 0 Å². The lowest BCUT2D eigenvalue weighted by molar-refractivity contribution is -0.113. The number of hydrogen-bond acceptors (Lipinski definition) is 3. The third-order valence-electron chi connectivity index (χ3n) is 3.30. The number of nitrogen functional groups attached to an aromatic ring is 1. The summed E-state index contributed by atoms with van der Waals surface area (Å²) < 4.78 is 0. The predicted molar refractivity (Wildman–Crippen MR) is 90.8 cm³/mol. The quantitative estimate of drug-likeness (QED) is 0.651. The third-order valence-corrected chi connectivity index (χ3v) is 4.46. The zero-order valence-corrected chi connectivity index (χ0v) is 13.2. The van der Waals surface area contributed by atoms with Crippen LogP contribution in [0.2, 0.25) is 0 Å². The molecule has 0 saturated carbocycles. The maximum absolute atomic E-state index is 12.0. The molecule has 0 radical (unpaired) electrons. The summed E-state index contributed by atoms with van der Waals surface area (Å²) in [5, 5.41) is 2.93. The van der Waals surface area contributed by atoms with E-state index in [0.717, 1.165) is 28.3 Å². The molecule has 2 aromatic rings. The SMILES string of the molecule is CCc1cccc(NC(=O)CSc2cccc(N)c2C)c1. The first-order valence-corrected chi connectivity index (χ1v) is 7.95. The van der Waals surface area contributed by atoms with Crippen molar-refractivity contribution in [2.75, 3.05) is 16.8 Å². The second-order valence-corrected chi connectivity index (χ2v) is 5.88. The number of anilines is 2. The van der Waals surface area contributed by atoms with Gasteiger partial charge in [-0.05, 0) is 48.7 Å². The molecule has 0 spiro atoms. The Morgan fingerprint density at radius 2 is 2.00 bits per heavy atom. The van der Waals surface area contributed by atoms with Crippen molar-refractivity contribution in [1.82, 2.24) is 0 Å². The fourth-order valence-electron chi connectivity index (χ4n) is 2.00. The van der Waals surface area contributed by atoms with Gasteiger partial charge < -0.3 is 11.1 Å². The van der Waals surface area contributed by atoms with E-state index >= 15 is 0 Å². The highest BCUT2D eigenvalue weighted by atomic mass is 32.2. The van der Waals surface area contributed by atoms with Crippen molar-refractivity contribution in [3.8, 4) is 0 Å². The van der Waals surface area contributed by atoms with Gasteiger partial charge in [-0.25, -0.2) is 0 Å². The Morgan fingerprint density at radius 3 is 2.76 bits per heavy atom.